The summed E-state index contributed by atoms with van der Waals surface area (Å²) >= 11 is 10.5. The van der Waals surface area contributed by atoms with E-state index in [1.165, 1.54) is 0 Å². The third kappa shape index (κ3) is 25.1. The van der Waals surface area contributed by atoms with E-state index in [1.54, 1.807) is 0 Å². The summed E-state index contributed by atoms with van der Waals surface area (Å²) in [6.45, 7) is 3.50. The summed E-state index contributed by atoms with van der Waals surface area (Å²) < 4.78 is 4.87. The summed E-state index contributed by atoms with van der Waals surface area (Å²) in [7, 11) is 8.35. The first kappa shape index (κ1) is 17.8. The lowest BCUT2D eigenvalue weighted by atomic mass is 10.5. The molecule has 0 saturated carbocycles. The fourth-order valence-electron chi connectivity index (χ4n) is 0.611. The van der Waals surface area contributed by atoms with Gasteiger partial charge in [-0.3, -0.25) is 0 Å². The number of hydrogen-bond acceptors (Lipinski definition) is 3. The van der Waals surface area contributed by atoms with Gasteiger partial charge >= 0.3 is 0 Å². The van der Waals surface area contributed by atoms with Crippen molar-refractivity contribution in [3.63, 3.8) is 0 Å². The molecule has 0 fully saturated rings. The Hall–Kier alpha value is 0.460. The highest BCUT2D eigenvalue weighted by Crippen LogP contribution is 1.80. The zero-order chi connectivity index (χ0) is 12.1. The average Bonchev–Trinajstić information content (AvgIpc) is 2.17. The zero-order valence-electron chi connectivity index (χ0n) is 10.3. The summed E-state index contributed by atoms with van der Waals surface area (Å²) in [5.41, 5.74) is 0. The Morgan fingerprint density at radius 3 is 1.33 bits per heavy atom. The predicted molar refractivity (Wildman–Crippen MR) is 69.4 cm³/mol. The molecule has 0 heterocycles. The van der Waals surface area contributed by atoms with Crippen LogP contribution in [-0.4, -0.2) is 76.1 Å². The third-order valence-electron chi connectivity index (χ3n) is 1.44. The van der Waals surface area contributed by atoms with Gasteiger partial charge in [-0.05, 0) is 28.2 Å². The van der Waals surface area contributed by atoms with Crippen LogP contribution in [0.1, 0.15) is 0 Å². The number of rotatable bonds is 7. The van der Waals surface area contributed by atoms with Crippen LogP contribution in [0.15, 0.2) is 0 Å². The van der Waals surface area contributed by atoms with Crippen molar-refractivity contribution in [1.82, 2.24) is 9.80 Å². The van der Waals surface area contributed by atoms with Gasteiger partial charge in [-0.25, -0.2) is 0 Å². The molecule has 0 N–H and O–H groups in total. The van der Waals surface area contributed by atoms with E-state index in [0.29, 0.717) is 25.0 Å². The molecule has 0 aromatic rings. The normalized spacial score (nSPS) is 10.4. The fraction of sp³-hybridized carbons (Fsp3) is 1.00. The molecule has 0 unspecified atom stereocenters. The molecule has 0 aliphatic rings. The largest absolute Gasteiger partial charge is 0.379 e. The van der Waals surface area contributed by atoms with Gasteiger partial charge in [-0.2, -0.15) is 0 Å². The summed E-state index contributed by atoms with van der Waals surface area (Å²) in [6, 6.07) is 0. The van der Waals surface area contributed by atoms with Crippen LogP contribution in [0.3, 0.4) is 0 Å². The van der Waals surface area contributed by atoms with E-state index in [4.69, 9.17) is 27.9 Å². The molecule has 0 bridgehead atoms. The van der Waals surface area contributed by atoms with Gasteiger partial charge in [0.15, 0.2) is 0 Å². The van der Waals surface area contributed by atoms with Crippen molar-refractivity contribution >= 4 is 23.2 Å². The van der Waals surface area contributed by atoms with E-state index in [1.807, 2.05) is 0 Å². The molecule has 0 amide bonds. The van der Waals surface area contributed by atoms with Crippen LogP contribution in [0, 0.1) is 0 Å². The highest BCUT2D eigenvalue weighted by Gasteiger charge is 1.89. The van der Waals surface area contributed by atoms with Crippen molar-refractivity contribution in [2.75, 3.05) is 66.3 Å². The van der Waals surface area contributed by atoms with E-state index < -0.39 is 0 Å². The van der Waals surface area contributed by atoms with Crippen molar-refractivity contribution in [1.29, 1.82) is 0 Å². The van der Waals surface area contributed by atoms with Crippen LogP contribution < -0.4 is 0 Å². The Morgan fingerprint density at radius 2 is 1.13 bits per heavy atom. The molecular formula is C10H24Cl2N2O. The van der Waals surface area contributed by atoms with E-state index in [9.17, 15) is 0 Å². The van der Waals surface area contributed by atoms with Gasteiger partial charge in [-0.15, -0.1) is 23.2 Å². The lowest BCUT2D eigenvalue weighted by molar-refractivity contribution is 0.165. The van der Waals surface area contributed by atoms with E-state index in [0.717, 1.165) is 13.1 Å². The van der Waals surface area contributed by atoms with Crippen LogP contribution in [0.25, 0.3) is 0 Å². The molecule has 0 aliphatic carbocycles. The molecule has 94 valence electrons. The lowest BCUT2D eigenvalue weighted by Gasteiger charge is -2.13. The summed E-state index contributed by atoms with van der Waals surface area (Å²) in [4.78, 5) is 4.36. The highest BCUT2D eigenvalue weighted by molar-refractivity contribution is 6.18. The van der Waals surface area contributed by atoms with Gasteiger partial charge in [0.25, 0.3) is 0 Å². The Balaban J connectivity index is 0. The van der Waals surface area contributed by atoms with Crippen molar-refractivity contribution in [3.05, 3.63) is 0 Å². The Kier molecular flexibility index (Phi) is 17.2. The topological polar surface area (TPSA) is 15.7 Å². The van der Waals surface area contributed by atoms with Crippen LogP contribution in [-0.2, 0) is 4.74 Å². The fourth-order valence-corrected chi connectivity index (χ4v) is 0.829. The molecule has 5 heteroatoms. The summed E-state index contributed by atoms with van der Waals surface area (Å²) in [5, 5.41) is 0. The Morgan fingerprint density at radius 1 is 0.800 bits per heavy atom. The second-order valence-electron chi connectivity index (χ2n) is 3.60. The second kappa shape index (κ2) is 14.5. The number of alkyl halides is 2. The van der Waals surface area contributed by atoms with E-state index in [2.05, 4.69) is 38.0 Å². The maximum Gasteiger partial charge on any atom is 0.0602 e. The van der Waals surface area contributed by atoms with Crippen LogP contribution in [0.4, 0.5) is 0 Å². The number of nitrogens with zero attached hydrogens (tertiary/aromatic N) is 2. The van der Waals surface area contributed by atoms with Gasteiger partial charge in [-0.1, -0.05) is 0 Å². The number of halogens is 2. The van der Waals surface area contributed by atoms with E-state index >= 15 is 0 Å². The van der Waals surface area contributed by atoms with Gasteiger partial charge in [0.05, 0.1) is 13.2 Å². The van der Waals surface area contributed by atoms with Crippen molar-refractivity contribution in [3.8, 4) is 0 Å². The first-order chi connectivity index (χ1) is 7.04. The number of hydrogen-bond donors (Lipinski definition) is 0. The molecule has 0 atom stereocenters. The predicted octanol–water partition coefficient (Wildman–Crippen LogP) is 1.59. The lowest BCUT2D eigenvalue weighted by Crippen LogP contribution is -2.25. The Bertz CT molecular complexity index is 102. The Labute approximate surface area is 104 Å². The maximum atomic E-state index is 5.27. The minimum absolute atomic E-state index is 0.552. The van der Waals surface area contributed by atoms with Gasteiger partial charge in [0, 0.05) is 24.8 Å². The minimum Gasteiger partial charge on any atom is -0.379 e. The van der Waals surface area contributed by atoms with E-state index in [-0.39, 0.29) is 0 Å². The molecule has 0 saturated heterocycles. The first-order valence-corrected chi connectivity index (χ1v) is 6.10. The van der Waals surface area contributed by atoms with Crippen LogP contribution in [0.5, 0.6) is 0 Å². The molecule has 0 aliphatic heterocycles. The molecule has 0 rings (SSSR count). The molecule has 0 radical (unpaired) electrons. The molecule has 3 nitrogen and oxygen atoms in total. The molecular weight excluding hydrogens is 235 g/mol. The molecule has 15 heavy (non-hydrogen) atoms. The number of ether oxygens (including phenoxy) is 1. The monoisotopic (exact) mass is 258 g/mol. The quantitative estimate of drug-likeness (QED) is 0.510. The molecule has 0 spiro atoms. The van der Waals surface area contributed by atoms with Crippen molar-refractivity contribution in [2.45, 2.75) is 0 Å². The smallest absolute Gasteiger partial charge is 0.0602 e. The molecule has 0 aromatic heterocycles. The van der Waals surface area contributed by atoms with Crippen LogP contribution in [0.2, 0.25) is 0 Å². The maximum absolute atomic E-state index is 5.27. The minimum atomic E-state index is 0.552. The standard InChI is InChI=1S/C6H16N2.C4H8Cl2O/c1-7(2)5-6-8(3)4;5-1-3-7-4-2-6/h5-6H2,1-4H3;1-4H2. The summed E-state index contributed by atoms with van der Waals surface area (Å²) in [6.07, 6.45) is 0. The zero-order valence-corrected chi connectivity index (χ0v) is 11.8. The second-order valence-corrected chi connectivity index (χ2v) is 4.35. The third-order valence-corrected chi connectivity index (χ3v) is 1.75. The van der Waals surface area contributed by atoms with Gasteiger partial charge < -0.3 is 14.5 Å². The summed E-state index contributed by atoms with van der Waals surface area (Å²) in [5.74, 6) is 1.10. The van der Waals surface area contributed by atoms with Crippen molar-refractivity contribution in [2.24, 2.45) is 0 Å². The first-order valence-electron chi connectivity index (χ1n) is 5.03. The highest BCUT2D eigenvalue weighted by atomic mass is 35.5. The number of likely N-dealkylation sites (N-methyl/N-ethyl adjacent to an activating group) is 2. The SMILES string of the molecule is CN(C)CCN(C)C.ClCCOCCCl. The van der Waals surface area contributed by atoms with Crippen LogP contribution >= 0.6 is 23.2 Å². The molecule has 0 aromatic carbocycles. The van der Waals surface area contributed by atoms with Crippen molar-refractivity contribution < 1.29 is 4.74 Å². The van der Waals surface area contributed by atoms with Gasteiger partial charge in [0.2, 0.25) is 0 Å². The average molecular weight is 259 g/mol. The van der Waals surface area contributed by atoms with Gasteiger partial charge in [0.1, 0.15) is 0 Å².